The molecule has 0 spiro atoms. The quantitative estimate of drug-likeness (QED) is 0.701. The molecule has 0 amide bonds. The van der Waals surface area contributed by atoms with Crippen LogP contribution in [0.2, 0.25) is 5.02 Å². The number of halogens is 1. The molecule has 0 bridgehead atoms. The van der Waals surface area contributed by atoms with Crippen LogP contribution in [-0.4, -0.2) is 4.98 Å². The summed E-state index contributed by atoms with van der Waals surface area (Å²) in [6, 6.07) is 13.0. The minimum absolute atomic E-state index is 0.658. The lowest BCUT2D eigenvalue weighted by atomic mass is 10.2. The van der Waals surface area contributed by atoms with Crippen LogP contribution in [0.4, 0.5) is 5.69 Å². The van der Waals surface area contributed by atoms with Gasteiger partial charge in [-0.3, -0.25) is 4.98 Å². The lowest BCUT2D eigenvalue weighted by Gasteiger charge is -2.11. The highest BCUT2D eigenvalue weighted by atomic mass is 35.5. The normalized spacial score (nSPS) is 10.7. The largest absolute Gasteiger partial charge is 0.456 e. The highest BCUT2D eigenvalue weighted by Crippen LogP contribution is 2.32. The van der Waals surface area contributed by atoms with Gasteiger partial charge in [-0.05, 0) is 55.0 Å². The van der Waals surface area contributed by atoms with Gasteiger partial charge < -0.3 is 10.5 Å². The fourth-order valence-electron chi connectivity index (χ4n) is 2.09. The molecule has 1 aromatic heterocycles. The first-order chi connectivity index (χ1) is 9.63. The van der Waals surface area contributed by atoms with Crippen molar-refractivity contribution in [2.75, 3.05) is 5.73 Å². The zero-order valence-corrected chi connectivity index (χ0v) is 11.7. The second-order valence-corrected chi connectivity index (χ2v) is 5.03. The van der Waals surface area contributed by atoms with Crippen LogP contribution >= 0.6 is 11.6 Å². The van der Waals surface area contributed by atoms with Crippen molar-refractivity contribution in [2.24, 2.45) is 0 Å². The maximum atomic E-state index is 5.98. The Morgan fingerprint density at radius 2 is 1.90 bits per heavy atom. The zero-order chi connectivity index (χ0) is 14.1. The molecule has 0 saturated carbocycles. The van der Waals surface area contributed by atoms with E-state index in [0.717, 1.165) is 33.7 Å². The number of hydrogen-bond donors (Lipinski definition) is 1. The lowest BCUT2D eigenvalue weighted by molar-refractivity contribution is 0.484. The van der Waals surface area contributed by atoms with Gasteiger partial charge in [0.25, 0.3) is 0 Å². The summed E-state index contributed by atoms with van der Waals surface area (Å²) in [5.74, 6) is 1.53. The summed E-state index contributed by atoms with van der Waals surface area (Å²) < 4.78 is 5.98. The molecule has 0 saturated heterocycles. The molecule has 0 aliphatic carbocycles. The van der Waals surface area contributed by atoms with Crippen molar-refractivity contribution in [1.29, 1.82) is 0 Å². The second-order valence-electron chi connectivity index (χ2n) is 4.60. The number of aryl methyl sites for hydroxylation is 1. The number of anilines is 1. The van der Waals surface area contributed by atoms with Crippen molar-refractivity contribution in [2.45, 2.75) is 6.92 Å². The van der Waals surface area contributed by atoms with E-state index in [1.165, 1.54) is 0 Å². The molecule has 0 fully saturated rings. The predicted molar refractivity (Wildman–Crippen MR) is 82.4 cm³/mol. The second kappa shape index (κ2) is 5.02. The van der Waals surface area contributed by atoms with Crippen LogP contribution in [0.15, 0.2) is 48.7 Å². The van der Waals surface area contributed by atoms with E-state index in [1.807, 2.05) is 49.4 Å². The maximum absolute atomic E-state index is 5.98. The number of rotatable bonds is 2. The van der Waals surface area contributed by atoms with Crippen molar-refractivity contribution in [3.05, 3.63) is 59.2 Å². The molecule has 2 N–H and O–H groups in total. The molecule has 100 valence electrons. The lowest BCUT2D eigenvalue weighted by Crippen LogP contribution is -1.92. The predicted octanol–water partition coefficient (Wildman–Crippen LogP) is 4.57. The fourth-order valence-corrected chi connectivity index (χ4v) is 2.26. The van der Waals surface area contributed by atoms with Gasteiger partial charge in [0.15, 0.2) is 0 Å². The van der Waals surface area contributed by atoms with Crippen molar-refractivity contribution >= 4 is 28.2 Å². The Balaban J connectivity index is 2.06. The first-order valence-corrected chi connectivity index (χ1v) is 6.59. The molecule has 0 aliphatic rings. The smallest absolute Gasteiger partial charge is 0.138 e. The van der Waals surface area contributed by atoms with E-state index in [9.17, 15) is 0 Å². The van der Waals surface area contributed by atoms with Gasteiger partial charge in [0.05, 0.1) is 5.52 Å². The van der Waals surface area contributed by atoms with E-state index in [-0.39, 0.29) is 0 Å². The molecule has 1 heterocycles. The SMILES string of the molecule is Cc1cc(N)ccc1Oc1ccnc2cc(Cl)ccc12. The maximum Gasteiger partial charge on any atom is 0.138 e. The Labute approximate surface area is 122 Å². The number of pyridine rings is 1. The number of nitrogen functional groups attached to an aromatic ring is 1. The van der Waals surface area contributed by atoms with Crippen LogP contribution in [0.25, 0.3) is 10.9 Å². The van der Waals surface area contributed by atoms with E-state index in [2.05, 4.69) is 4.98 Å². The topological polar surface area (TPSA) is 48.1 Å². The fraction of sp³-hybridized carbons (Fsp3) is 0.0625. The number of nitrogens with zero attached hydrogens (tertiary/aromatic N) is 1. The molecule has 0 radical (unpaired) electrons. The monoisotopic (exact) mass is 284 g/mol. The van der Waals surface area contributed by atoms with Crippen LogP contribution in [0.1, 0.15) is 5.56 Å². The zero-order valence-electron chi connectivity index (χ0n) is 10.9. The third-order valence-electron chi connectivity index (χ3n) is 3.08. The molecule has 3 nitrogen and oxygen atoms in total. The molecule has 4 heteroatoms. The van der Waals surface area contributed by atoms with E-state index in [0.29, 0.717) is 5.02 Å². The highest BCUT2D eigenvalue weighted by molar-refractivity contribution is 6.31. The number of aromatic nitrogens is 1. The average Bonchev–Trinajstić information content (AvgIpc) is 2.41. The van der Waals surface area contributed by atoms with Crippen molar-refractivity contribution in [1.82, 2.24) is 4.98 Å². The Kier molecular flexibility index (Phi) is 3.20. The van der Waals surface area contributed by atoms with Gasteiger partial charge in [0.1, 0.15) is 11.5 Å². The molecule has 0 atom stereocenters. The van der Waals surface area contributed by atoms with Crippen LogP contribution in [0.3, 0.4) is 0 Å². The van der Waals surface area contributed by atoms with E-state index in [1.54, 1.807) is 6.20 Å². The Hall–Kier alpha value is -2.26. The minimum atomic E-state index is 0.658. The Morgan fingerprint density at radius 3 is 2.70 bits per heavy atom. The highest BCUT2D eigenvalue weighted by Gasteiger charge is 2.07. The number of benzene rings is 2. The first-order valence-electron chi connectivity index (χ1n) is 6.22. The molecular formula is C16H13ClN2O. The molecule has 0 aliphatic heterocycles. The van der Waals surface area contributed by atoms with E-state index >= 15 is 0 Å². The Morgan fingerprint density at radius 1 is 1.05 bits per heavy atom. The average molecular weight is 285 g/mol. The summed E-state index contributed by atoms with van der Waals surface area (Å²) in [7, 11) is 0. The molecule has 2 aromatic carbocycles. The van der Waals surface area contributed by atoms with Gasteiger partial charge in [0, 0.05) is 22.3 Å². The van der Waals surface area contributed by atoms with Crippen molar-refractivity contribution < 1.29 is 4.74 Å². The van der Waals surface area contributed by atoms with Crippen LogP contribution in [0, 0.1) is 6.92 Å². The molecule has 0 unspecified atom stereocenters. The molecule has 20 heavy (non-hydrogen) atoms. The number of fused-ring (bicyclic) bond motifs is 1. The van der Waals surface area contributed by atoms with Crippen LogP contribution in [0.5, 0.6) is 11.5 Å². The standard InChI is InChI=1S/C16H13ClN2O/c1-10-8-12(18)3-5-15(10)20-16-6-7-19-14-9-11(17)2-4-13(14)16/h2-9H,18H2,1H3. The summed E-state index contributed by atoms with van der Waals surface area (Å²) in [6.45, 7) is 1.96. The summed E-state index contributed by atoms with van der Waals surface area (Å²) in [6.07, 6.45) is 1.71. The van der Waals surface area contributed by atoms with Gasteiger partial charge >= 0.3 is 0 Å². The van der Waals surface area contributed by atoms with Gasteiger partial charge in [-0.1, -0.05) is 11.6 Å². The van der Waals surface area contributed by atoms with E-state index < -0.39 is 0 Å². The van der Waals surface area contributed by atoms with Gasteiger partial charge in [-0.2, -0.15) is 0 Å². The molecular weight excluding hydrogens is 272 g/mol. The number of ether oxygens (including phenoxy) is 1. The van der Waals surface area contributed by atoms with Crippen LogP contribution in [-0.2, 0) is 0 Å². The van der Waals surface area contributed by atoms with Crippen molar-refractivity contribution in [3.63, 3.8) is 0 Å². The molecule has 3 rings (SSSR count). The Bertz CT molecular complexity index is 787. The van der Waals surface area contributed by atoms with E-state index in [4.69, 9.17) is 22.1 Å². The third kappa shape index (κ3) is 2.40. The summed E-state index contributed by atoms with van der Waals surface area (Å²) in [4.78, 5) is 4.30. The van der Waals surface area contributed by atoms with Gasteiger partial charge in [0.2, 0.25) is 0 Å². The third-order valence-corrected chi connectivity index (χ3v) is 3.32. The first kappa shape index (κ1) is 12.8. The van der Waals surface area contributed by atoms with Gasteiger partial charge in [-0.25, -0.2) is 0 Å². The summed E-state index contributed by atoms with van der Waals surface area (Å²) in [5.41, 5.74) is 8.27. The molecule has 3 aromatic rings. The van der Waals surface area contributed by atoms with Crippen LogP contribution < -0.4 is 10.5 Å². The minimum Gasteiger partial charge on any atom is -0.456 e. The van der Waals surface area contributed by atoms with Gasteiger partial charge in [-0.15, -0.1) is 0 Å². The number of hydrogen-bond acceptors (Lipinski definition) is 3. The summed E-state index contributed by atoms with van der Waals surface area (Å²) in [5, 5.41) is 1.58. The summed E-state index contributed by atoms with van der Waals surface area (Å²) >= 11 is 5.98. The van der Waals surface area contributed by atoms with Crippen molar-refractivity contribution in [3.8, 4) is 11.5 Å². The number of nitrogens with two attached hydrogens (primary N) is 1.